The molecule has 32 heavy (non-hydrogen) atoms. The number of amides is 1. The summed E-state index contributed by atoms with van der Waals surface area (Å²) in [5, 5.41) is 14.4. The van der Waals surface area contributed by atoms with Gasteiger partial charge in [0.2, 0.25) is 0 Å². The Bertz CT molecular complexity index is 1210. The summed E-state index contributed by atoms with van der Waals surface area (Å²) in [4.78, 5) is 21.9. The summed E-state index contributed by atoms with van der Waals surface area (Å²) in [6.45, 7) is 5.18. The van der Waals surface area contributed by atoms with Crippen molar-refractivity contribution in [1.29, 1.82) is 0 Å². The van der Waals surface area contributed by atoms with Crippen LogP contribution in [0.25, 0.3) is 22.6 Å². The predicted molar refractivity (Wildman–Crippen MR) is 121 cm³/mol. The summed E-state index contributed by atoms with van der Waals surface area (Å²) in [6, 6.07) is 3.51. The molecule has 2 aliphatic carbocycles. The maximum Gasteiger partial charge on any atom is 0.414 e. The summed E-state index contributed by atoms with van der Waals surface area (Å²) in [7, 11) is 1.62. The Morgan fingerprint density at radius 1 is 1.38 bits per heavy atom. The number of nitrogens with one attached hydrogen (secondary N) is 1. The molecule has 2 N–H and O–H groups in total. The maximum atomic E-state index is 13.5. The smallest absolute Gasteiger partial charge is 0.414 e. The number of ether oxygens (including phenoxy) is 1. The van der Waals surface area contributed by atoms with Crippen LogP contribution in [-0.4, -0.2) is 43.0 Å². The molecule has 1 aromatic carbocycles. The molecule has 2 aliphatic rings. The fourth-order valence-electron chi connectivity index (χ4n) is 4.48. The molecule has 10 heteroatoms. The summed E-state index contributed by atoms with van der Waals surface area (Å²) >= 11 is 0.114. The van der Waals surface area contributed by atoms with Gasteiger partial charge >= 0.3 is 6.09 Å². The number of aliphatic hydroxyl groups is 1. The number of nitrogens with zero attached hydrogens (tertiary/aromatic N) is 4. The van der Waals surface area contributed by atoms with Crippen LogP contribution in [-0.2, 0) is 24.2 Å². The van der Waals surface area contributed by atoms with Gasteiger partial charge in [-0.3, -0.25) is 4.90 Å². The summed E-state index contributed by atoms with van der Waals surface area (Å²) < 4.78 is 20.4. The number of carbonyl (C=O) groups is 1. The molecule has 2 aromatic heterocycles. The highest BCUT2D eigenvalue weighted by atomic mass is 32.2. The number of hydrogen-bond acceptors (Lipinski definition) is 6. The fourth-order valence-corrected chi connectivity index (χ4v) is 4.86. The molecular formula is C22H26FN5O3S. The lowest BCUT2D eigenvalue weighted by atomic mass is 9.96. The van der Waals surface area contributed by atoms with Crippen molar-refractivity contribution < 1.29 is 18.5 Å². The number of carbonyl (C=O) groups excluding carboxylic acids is 1. The molecule has 2 unspecified atom stereocenters. The van der Waals surface area contributed by atoms with Gasteiger partial charge in [0.15, 0.2) is 18.2 Å². The maximum absolute atomic E-state index is 13.5. The van der Waals surface area contributed by atoms with Crippen LogP contribution in [0.3, 0.4) is 0 Å². The monoisotopic (exact) mass is 459 g/mol. The molecule has 0 saturated heterocycles. The van der Waals surface area contributed by atoms with Crippen molar-refractivity contribution in [2.24, 2.45) is 11.8 Å². The van der Waals surface area contributed by atoms with E-state index < -0.39 is 11.7 Å². The van der Waals surface area contributed by atoms with Crippen molar-refractivity contribution >= 4 is 35.1 Å². The van der Waals surface area contributed by atoms with Crippen LogP contribution in [0.5, 0.6) is 0 Å². The van der Waals surface area contributed by atoms with Crippen molar-refractivity contribution in [3.05, 3.63) is 29.0 Å². The van der Waals surface area contributed by atoms with Crippen molar-refractivity contribution in [3.8, 4) is 11.5 Å². The fraction of sp³-hybridized carbons (Fsp3) is 0.500. The number of anilines is 1. The number of rotatable bonds is 4. The van der Waals surface area contributed by atoms with Gasteiger partial charge in [0.1, 0.15) is 11.3 Å². The second-order valence-corrected chi connectivity index (χ2v) is 10.1. The molecule has 170 valence electrons. The lowest BCUT2D eigenvalue weighted by Gasteiger charge is -2.25. The molecule has 2 atom stereocenters. The number of benzene rings is 1. The first kappa shape index (κ1) is 21.3. The first-order valence-corrected chi connectivity index (χ1v) is 11.4. The number of aliphatic hydroxyl groups excluding tert-OH is 1. The van der Waals surface area contributed by atoms with E-state index in [4.69, 9.17) is 9.72 Å². The summed E-state index contributed by atoms with van der Waals surface area (Å²) in [6.07, 6.45) is 2.41. The van der Waals surface area contributed by atoms with Crippen LogP contribution in [0.15, 0.2) is 12.1 Å². The van der Waals surface area contributed by atoms with Gasteiger partial charge in [-0.25, -0.2) is 9.78 Å². The van der Waals surface area contributed by atoms with E-state index >= 15 is 0 Å². The molecule has 0 bridgehead atoms. The summed E-state index contributed by atoms with van der Waals surface area (Å²) in [5.41, 5.74) is 4.41. The molecule has 1 fully saturated rings. The second-order valence-electron chi connectivity index (χ2n) is 9.66. The van der Waals surface area contributed by atoms with Crippen LogP contribution in [0.4, 0.5) is 14.4 Å². The van der Waals surface area contributed by atoms with Crippen LogP contribution >= 0.6 is 12.3 Å². The largest absolute Gasteiger partial charge is 0.443 e. The number of imidazole rings is 1. The van der Waals surface area contributed by atoms with Gasteiger partial charge in [-0.1, -0.05) is 0 Å². The highest BCUT2D eigenvalue weighted by molar-refractivity contribution is 7.92. The molecule has 1 amide bonds. The highest BCUT2D eigenvalue weighted by Crippen LogP contribution is 2.50. The van der Waals surface area contributed by atoms with Crippen LogP contribution in [0.1, 0.15) is 44.0 Å². The van der Waals surface area contributed by atoms with E-state index in [1.165, 1.54) is 15.4 Å². The highest BCUT2D eigenvalue weighted by Gasteiger charge is 2.44. The Kier molecular flexibility index (Phi) is 4.97. The van der Waals surface area contributed by atoms with E-state index in [9.17, 15) is 13.8 Å². The normalized spacial score (nSPS) is 19.6. The minimum Gasteiger partial charge on any atom is -0.443 e. The Balaban J connectivity index is 1.55. The number of halogens is 1. The van der Waals surface area contributed by atoms with Crippen LogP contribution in [0, 0.1) is 11.8 Å². The molecule has 0 aliphatic heterocycles. The van der Waals surface area contributed by atoms with Gasteiger partial charge in [0.05, 0.1) is 23.3 Å². The van der Waals surface area contributed by atoms with E-state index in [1.807, 2.05) is 20.8 Å². The average Bonchev–Trinajstić information content (AvgIpc) is 3.22. The third-order valence-electron chi connectivity index (χ3n) is 6.21. The lowest BCUT2D eigenvalue weighted by molar-refractivity contribution is 0.0589. The first-order chi connectivity index (χ1) is 15.2. The Morgan fingerprint density at radius 2 is 2.12 bits per heavy atom. The van der Waals surface area contributed by atoms with E-state index in [-0.39, 0.29) is 18.9 Å². The minimum absolute atomic E-state index is 0.114. The topological polar surface area (TPSA) is 96.3 Å². The third-order valence-corrected chi connectivity index (χ3v) is 6.64. The SMILES string of the molecule is CN(C(=O)OC(C)(C)C)c1cc(CO)c2nc(-c3nn(SF)c4c3CC3CC3C4)[nH]c2c1. The number of hydrogen-bond donors (Lipinski definition) is 2. The molecule has 2 heterocycles. The Labute approximate surface area is 189 Å². The van der Waals surface area contributed by atoms with Crippen molar-refractivity contribution in [2.75, 3.05) is 11.9 Å². The number of aromatic nitrogens is 4. The van der Waals surface area contributed by atoms with E-state index in [2.05, 4.69) is 10.1 Å². The zero-order chi connectivity index (χ0) is 22.8. The van der Waals surface area contributed by atoms with Crippen molar-refractivity contribution in [3.63, 3.8) is 0 Å². The average molecular weight is 460 g/mol. The Hall–Kier alpha value is -2.59. The van der Waals surface area contributed by atoms with Gasteiger partial charge in [-0.05, 0) is 64.0 Å². The van der Waals surface area contributed by atoms with Crippen LogP contribution < -0.4 is 4.90 Å². The minimum atomic E-state index is -0.622. The zero-order valence-corrected chi connectivity index (χ0v) is 19.3. The molecule has 5 rings (SSSR count). The van der Waals surface area contributed by atoms with Gasteiger partial charge < -0.3 is 14.8 Å². The standard InChI is InChI=1S/C22H26FN5O3S/c1-22(2,3)31-21(30)27(4)14-6-13(10-29)18-16(9-14)24-20(25-18)19-15-7-11-5-12(11)8-17(15)28(26-19)32-23/h6,9,11-12,29H,5,7-8,10H2,1-4H3,(H,24,25). The van der Waals surface area contributed by atoms with Gasteiger partial charge in [0.25, 0.3) is 0 Å². The molecular weight excluding hydrogens is 433 g/mol. The summed E-state index contributed by atoms with van der Waals surface area (Å²) in [5.74, 6) is 1.82. The number of aromatic amines is 1. The van der Waals surface area contributed by atoms with Gasteiger partial charge in [-0.2, -0.15) is 9.19 Å². The lowest BCUT2D eigenvalue weighted by Crippen LogP contribution is -2.34. The number of H-pyrrole nitrogens is 1. The molecule has 1 saturated carbocycles. The number of fused-ring (bicyclic) bond motifs is 3. The van der Waals surface area contributed by atoms with E-state index in [1.54, 1.807) is 19.2 Å². The van der Waals surface area contributed by atoms with E-state index in [0.29, 0.717) is 45.6 Å². The molecule has 0 radical (unpaired) electrons. The van der Waals surface area contributed by atoms with Crippen LogP contribution in [0.2, 0.25) is 0 Å². The zero-order valence-electron chi connectivity index (χ0n) is 18.5. The van der Waals surface area contributed by atoms with Gasteiger partial charge in [0, 0.05) is 23.9 Å². The third kappa shape index (κ3) is 3.65. The van der Waals surface area contributed by atoms with Crippen molar-refractivity contribution in [1.82, 2.24) is 19.2 Å². The Morgan fingerprint density at radius 3 is 2.81 bits per heavy atom. The van der Waals surface area contributed by atoms with Crippen molar-refractivity contribution in [2.45, 2.75) is 52.2 Å². The second kappa shape index (κ2) is 7.48. The quantitative estimate of drug-likeness (QED) is 0.600. The predicted octanol–water partition coefficient (Wildman–Crippen LogP) is 4.41. The molecule has 3 aromatic rings. The molecule has 0 spiro atoms. The molecule has 8 nitrogen and oxygen atoms in total. The van der Waals surface area contributed by atoms with E-state index in [0.717, 1.165) is 24.1 Å². The first-order valence-electron chi connectivity index (χ1n) is 10.7. The van der Waals surface area contributed by atoms with Gasteiger partial charge in [-0.15, -0.1) is 3.89 Å².